The molecule has 3 rings (SSSR count). The van der Waals surface area contributed by atoms with Gasteiger partial charge in [-0.2, -0.15) is 21.4 Å². The molecule has 0 atom stereocenters. The molecule has 0 radical (unpaired) electrons. The highest BCUT2D eigenvalue weighted by atomic mass is 32.2. The van der Waals surface area contributed by atoms with Gasteiger partial charge in [0.25, 0.3) is 20.2 Å². The zero-order chi connectivity index (χ0) is 28.7. The Bertz CT molecular complexity index is 1640. The van der Waals surface area contributed by atoms with Crippen LogP contribution in [0.25, 0.3) is 10.8 Å². The van der Waals surface area contributed by atoms with Crippen LogP contribution in [0.15, 0.2) is 34.1 Å². The van der Waals surface area contributed by atoms with E-state index in [9.17, 15) is 34.6 Å². The van der Waals surface area contributed by atoms with Crippen LogP contribution in [-0.2, 0) is 40.5 Å². The van der Waals surface area contributed by atoms with E-state index in [-0.39, 0.29) is 17.2 Å². The summed E-state index contributed by atoms with van der Waals surface area (Å²) < 4.78 is 95.4. The Hall–Kier alpha value is -2.43. The van der Waals surface area contributed by atoms with Gasteiger partial charge in [-0.1, -0.05) is 0 Å². The molecule has 1 aliphatic heterocycles. The molecule has 0 spiro atoms. The van der Waals surface area contributed by atoms with Gasteiger partial charge in [0.15, 0.2) is 5.71 Å². The first-order valence-electron chi connectivity index (χ1n) is 11.7. The summed E-state index contributed by atoms with van der Waals surface area (Å²) in [5.74, 6) is -1.75. The largest absolute Gasteiger partial charge is 0.481 e. The number of sulfonamides is 1. The molecule has 12 nitrogen and oxygen atoms in total. The molecule has 0 bridgehead atoms. The van der Waals surface area contributed by atoms with Gasteiger partial charge in [0.1, 0.15) is 6.54 Å². The molecule has 1 aliphatic rings. The SMILES string of the molecule is CC1=[N+](CCCCCC(=O)O)c2ccc3c(S(=O)(=O)NCCS(=O)(=O)O)cc(S(=O)(=O)O)cc3c2C1(C)C. The maximum absolute atomic E-state index is 13.1. The highest BCUT2D eigenvalue weighted by Gasteiger charge is 2.44. The van der Waals surface area contributed by atoms with Crippen molar-refractivity contribution in [3.63, 3.8) is 0 Å². The van der Waals surface area contributed by atoms with Gasteiger partial charge in [0, 0.05) is 43.3 Å². The van der Waals surface area contributed by atoms with Gasteiger partial charge in [0.2, 0.25) is 15.7 Å². The molecule has 15 heteroatoms. The monoisotopic (exact) mass is 591 g/mol. The van der Waals surface area contributed by atoms with Crippen molar-refractivity contribution in [2.24, 2.45) is 0 Å². The molecule has 0 saturated carbocycles. The molecular formula is C23H31N2O10S3+. The number of hydrogen-bond donors (Lipinski definition) is 4. The second kappa shape index (κ2) is 10.6. The minimum atomic E-state index is -4.83. The Morgan fingerprint density at radius 3 is 2.21 bits per heavy atom. The minimum absolute atomic E-state index is 0.0728. The van der Waals surface area contributed by atoms with Crippen LogP contribution in [0.3, 0.4) is 0 Å². The van der Waals surface area contributed by atoms with E-state index in [1.807, 2.05) is 25.3 Å². The number of rotatable bonds is 12. The van der Waals surface area contributed by atoms with Crippen LogP contribution in [0, 0.1) is 0 Å². The van der Waals surface area contributed by atoms with Crippen LogP contribution >= 0.6 is 0 Å². The lowest BCUT2D eigenvalue weighted by molar-refractivity contribution is -0.439. The molecule has 4 N–H and O–H groups in total. The Morgan fingerprint density at radius 1 is 0.974 bits per heavy atom. The Labute approximate surface area is 221 Å². The van der Waals surface area contributed by atoms with Crippen molar-refractivity contribution in [1.82, 2.24) is 4.72 Å². The normalized spacial score (nSPS) is 15.7. The van der Waals surface area contributed by atoms with E-state index < -0.39 is 63.7 Å². The average molecular weight is 592 g/mol. The van der Waals surface area contributed by atoms with Gasteiger partial charge < -0.3 is 5.11 Å². The summed E-state index contributed by atoms with van der Waals surface area (Å²) in [4.78, 5) is 9.67. The number of hydrogen-bond acceptors (Lipinski definition) is 7. The van der Waals surface area contributed by atoms with E-state index in [2.05, 4.69) is 4.72 Å². The smallest absolute Gasteiger partial charge is 0.303 e. The summed E-state index contributed by atoms with van der Waals surface area (Å²) >= 11 is 0. The van der Waals surface area contributed by atoms with Crippen molar-refractivity contribution < 1.29 is 48.8 Å². The number of carboxylic acid groups (broad SMARTS) is 1. The minimum Gasteiger partial charge on any atom is -0.481 e. The lowest BCUT2D eigenvalue weighted by Crippen LogP contribution is -2.29. The predicted octanol–water partition coefficient (Wildman–Crippen LogP) is 2.29. The molecule has 2 aromatic carbocycles. The fourth-order valence-corrected chi connectivity index (χ4v) is 7.08. The third-order valence-electron chi connectivity index (χ3n) is 6.79. The van der Waals surface area contributed by atoms with Gasteiger partial charge in [-0.25, -0.2) is 13.1 Å². The van der Waals surface area contributed by atoms with Gasteiger partial charge in [-0.05, 0) is 50.3 Å². The third-order valence-corrected chi connectivity index (χ3v) is 9.84. The van der Waals surface area contributed by atoms with Gasteiger partial charge >= 0.3 is 5.97 Å². The summed E-state index contributed by atoms with van der Waals surface area (Å²) in [5, 5.41) is 9.30. The van der Waals surface area contributed by atoms with Crippen LogP contribution < -0.4 is 4.72 Å². The van der Waals surface area contributed by atoms with Gasteiger partial charge in [-0.3, -0.25) is 13.9 Å². The van der Waals surface area contributed by atoms with Crippen LogP contribution in [0.1, 0.15) is 52.0 Å². The van der Waals surface area contributed by atoms with Gasteiger partial charge in [-0.15, -0.1) is 0 Å². The lowest BCUT2D eigenvalue weighted by Gasteiger charge is -2.19. The van der Waals surface area contributed by atoms with E-state index in [1.54, 1.807) is 6.07 Å². The van der Waals surface area contributed by atoms with Crippen molar-refractivity contribution in [2.75, 3.05) is 18.8 Å². The number of fused-ring (bicyclic) bond motifs is 3. The topological polar surface area (TPSA) is 195 Å². The standard InChI is InChI=1S/C23H30N2O10S3/c1-15-23(2,3)22-18-13-16(38(33,34)35)14-20(37(31,32)24-10-12-36(28,29)30)17(18)8-9-19(22)25(15)11-6-4-5-7-21(26)27/h8-9,13-14,24H,4-7,10-12H2,1-3H3,(H2-,26,27,28,29,30,33,34,35)/p+1. The molecule has 1 heterocycles. The van der Waals surface area contributed by atoms with E-state index in [4.69, 9.17) is 9.66 Å². The quantitative estimate of drug-likeness (QED) is 0.161. The van der Waals surface area contributed by atoms with Crippen LogP contribution in [0.2, 0.25) is 0 Å². The molecule has 0 unspecified atom stereocenters. The lowest BCUT2D eigenvalue weighted by atomic mass is 9.80. The zero-order valence-electron chi connectivity index (χ0n) is 21.1. The van der Waals surface area contributed by atoms with E-state index >= 15 is 0 Å². The first kappa shape index (κ1) is 30.1. The van der Waals surface area contributed by atoms with Crippen LogP contribution in [0.5, 0.6) is 0 Å². The molecular weight excluding hydrogens is 560 g/mol. The third kappa shape index (κ3) is 6.40. The van der Waals surface area contributed by atoms with E-state index in [0.717, 1.165) is 17.5 Å². The average Bonchev–Trinajstić information content (AvgIpc) is 2.96. The fraction of sp³-hybridized carbons (Fsp3) is 0.478. The molecule has 0 aliphatic carbocycles. The molecule has 0 saturated heterocycles. The summed E-state index contributed by atoms with van der Waals surface area (Å²) in [6, 6.07) is 5.26. The molecule has 2 aromatic rings. The summed E-state index contributed by atoms with van der Waals surface area (Å²) in [5.41, 5.74) is 1.64. The first-order chi connectivity index (χ1) is 17.4. The Kier molecular flexibility index (Phi) is 8.42. The maximum Gasteiger partial charge on any atom is 0.303 e. The number of aliphatic carboxylic acids is 1. The number of carboxylic acids is 1. The highest BCUT2D eigenvalue weighted by Crippen LogP contribution is 2.45. The molecule has 38 heavy (non-hydrogen) atoms. The molecule has 0 fully saturated rings. The van der Waals surface area contributed by atoms with Crippen molar-refractivity contribution in [1.29, 1.82) is 0 Å². The van der Waals surface area contributed by atoms with E-state index in [1.165, 1.54) is 12.1 Å². The van der Waals surface area contributed by atoms with Crippen LogP contribution in [0.4, 0.5) is 5.69 Å². The first-order valence-corrected chi connectivity index (χ1v) is 16.3. The molecule has 210 valence electrons. The number of unbranched alkanes of at least 4 members (excludes halogenated alkanes) is 2. The number of nitrogens with one attached hydrogen (secondary N) is 1. The van der Waals surface area contributed by atoms with Crippen molar-refractivity contribution in [3.05, 3.63) is 29.8 Å². The van der Waals surface area contributed by atoms with Crippen molar-refractivity contribution in [2.45, 2.75) is 61.7 Å². The fourth-order valence-electron chi connectivity index (χ4n) is 4.71. The second-order valence-corrected chi connectivity index (χ2v) is 14.4. The summed E-state index contributed by atoms with van der Waals surface area (Å²) in [6.07, 6.45) is 1.98. The highest BCUT2D eigenvalue weighted by molar-refractivity contribution is 7.90. The zero-order valence-corrected chi connectivity index (χ0v) is 23.6. The van der Waals surface area contributed by atoms with Crippen LogP contribution in [-0.4, -0.2) is 74.6 Å². The number of carbonyl (C=O) groups is 1. The summed E-state index contributed by atoms with van der Waals surface area (Å²) in [7, 11) is -13.8. The van der Waals surface area contributed by atoms with Crippen molar-refractivity contribution in [3.8, 4) is 0 Å². The number of nitrogens with zero attached hydrogens (tertiary/aromatic N) is 1. The predicted molar refractivity (Wildman–Crippen MR) is 140 cm³/mol. The second-order valence-electron chi connectivity index (χ2n) is 9.70. The number of benzene rings is 2. The maximum atomic E-state index is 13.1. The Balaban J connectivity index is 2.15. The van der Waals surface area contributed by atoms with Gasteiger partial charge in [0.05, 0.1) is 21.0 Å². The Morgan fingerprint density at radius 2 is 1.63 bits per heavy atom. The van der Waals surface area contributed by atoms with Crippen molar-refractivity contribution >= 4 is 58.4 Å². The summed E-state index contributed by atoms with van der Waals surface area (Å²) in [6.45, 7) is 5.63. The molecule has 0 amide bonds. The van der Waals surface area contributed by atoms with E-state index in [0.29, 0.717) is 31.4 Å². The molecule has 0 aromatic heterocycles.